The second-order valence-electron chi connectivity index (χ2n) is 2.04. The molecule has 2 nitrogen and oxygen atoms in total. The van der Waals surface area contributed by atoms with Crippen LogP contribution in [-0.2, 0) is 0 Å². The van der Waals surface area contributed by atoms with Crippen LogP contribution < -0.4 is 0 Å². The van der Waals surface area contributed by atoms with Crippen molar-refractivity contribution >= 4 is 12.3 Å². The lowest BCUT2D eigenvalue weighted by Gasteiger charge is -1.91. The normalized spacial score (nSPS) is 8.25. The first kappa shape index (κ1) is 10.7. The van der Waals surface area contributed by atoms with Gasteiger partial charge in [-0.1, -0.05) is 27.0 Å². The summed E-state index contributed by atoms with van der Waals surface area (Å²) in [6, 6.07) is 1.95. The zero-order chi connectivity index (χ0) is 9.56. The molecule has 2 heteroatoms. The predicted molar refractivity (Wildman–Crippen MR) is 54.8 cm³/mol. The molecule has 66 valence electrons. The largest absolute Gasteiger partial charge is 0.241 e. The number of aromatic nitrogens is 2. The maximum atomic E-state index is 4.13. The van der Waals surface area contributed by atoms with Crippen molar-refractivity contribution in [1.82, 2.24) is 9.78 Å². The van der Waals surface area contributed by atoms with Gasteiger partial charge in [-0.25, -0.2) is 4.68 Å². The molecule has 12 heavy (non-hydrogen) atoms. The molecule has 0 amide bonds. The molecule has 0 radical (unpaired) electrons. The minimum Gasteiger partial charge on any atom is -0.241 e. The highest BCUT2D eigenvalue weighted by atomic mass is 15.3. The molecule has 0 aliphatic heterocycles. The Bertz CT molecular complexity index is 233. The molecule has 0 aliphatic carbocycles. The quantitative estimate of drug-likeness (QED) is 0.657. The molecule has 1 aromatic rings. The molecule has 0 atom stereocenters. The van der Waals surface area contributed by atoms with Crippen molar-refractivity contribution in [1.29, 1.82) is 0 Å². The van der Waals surface area contributed by atoms with Crippen LogP contribution in [0.3, 0.4) is 0 Å². The minimum absolute atomic E-state index is 0.979. The van der Waals surface area contributed by atoms with Crippen LogP contribution in [0.4, 0.5) is 0 Å². The second kappa shape index (κ2) is 5.35. The van der Waals surface area contributed by atoms with Gasteiger partial charge in [-0.3, -0.25) is 0 Å². The number of aryl methyl sites for hydroxylation is 1. The van der Waals surface area contributed by atoms with Crippen molar-refractivity contribution in [3.05, 3.63) is 30.6 Å². The maximum absolute atomic E-state index is 4.13. The van der Waals surface area contributed by atoms with Crippen LogP contribution in [0.25, 0.3) is 12.3 Å². The standard InChI is InChI=1S/C8H10N2.C2H6/c1-4-8-6-7(3)9-10(8)5-2;1-2/h4-6H,1-2H2,3H3;1-2H3. The Morgan fingerprint density at radius 1 is 1.42 bits per heavy atom. The van der Waals surface area contributed by atoms with Crippen LogP contribution >= 0.6 is 0 Å². The van der Waals surface area contributed by atoms with Crippen molar-refractivity contribution < 1.29 is 0 Å². The monoisotopic (exact) mass is 164 g/mol. The van der Waals surface area contributed by atoms with E-state index in [0.717, 1.165) is 11.4 Å². The summed E-state index contributed by atoms with van der Waals surface area (Å²) < 4.78 is 1.70. The van der Waals surface area contributed by atoms with Crippen molar-refractivity contribution in [2.24, 2.45) is 0 Å². The third-order valence-electron chi connectivity index (χ3n) is 1.27. The molecule has 0 fully saturated rings. The van der Waals surface area contributed by atoms with Crippen molar-refractivity contribution in [2.45, 2.75) is 20.8 Å². The van der Waals surface area contributed by atoms with Gasteiger partial charge in [0.1, 0.15) is 0 Å². The summed E-state index contributed by atoms with van der Waals surface area (Å²) in [5.41, 5.74) is 1.96. The highest BCUT2D eigenvalue weighted by Crippen LogP contribution is 2.04. The van der Waals surface area contributed by atoms with Crippen molar-refractivity contribution in [3.63, 3.8) is 0 Å². The first-order chi connectivity index (χ1) is 5.77. The Labute approximate surface area is 74.2 Å². The van der Waals surface area contributed by atoms with Crippen LogP contribution in [0.2, 0.25) is 0 Å². The highest BCUT2D eigenvalue weighted by molar-refractivity contribution is 5.46. The van der Waals surface area contributed by atoms with Gasteiger partial charge in [-0.15, -0.1) is 0 Å². The Hall–Kier alpha value is -1.31. The van der Waals surface area contributed by atoms with E-state index in [2.05, 4.69) is 18.3 Å². The molecule has 1 heterocycles. The van der Waals surface area contributed by atoms with Gasteiger partial charge in [0.2, 0.25) is 0 Å². The van der Waals surface area contributed by atoms with E-state index < -0.39 is 0 Å². The predicted octanol–water partition coefficient (Wildman–Crippen LogP) is 2.96. The number of hydrogen-bond acceptors (Lipinski definition) is 1. The molecule has 1 rings (SSSR count). The zero-order valence-electron chi connectivity index (χ0n) is 8.04. The summed E-state index contributed by atoms with van der Waals surface area (Å²) in [6.45, 7) is 13.2. The molecule has 0 spiro atoms. The summed E-state index contributed by atoms with van der Waals surface area (Å²) in [4.78, 5) is 0. The Morgan fingerprint density at radius 3 is 2.33 bits per heavy atom. The molecule has 0 unspecified atom stereocenters. The maximum Gasteiger partial charge on any atom is 0.0658 e. The Morgan fingerprint density at radius 2 is 2.00 bits per heavy atom. The fourth-order valence-electron chi connectivity index (χ4n) is 0.835. The summed E-state index contributed by atoms with van der Waals surface area (Å²) in [5.74, 6) is 0. The fraction of sp³-hybridized carbons (Fsp3) is 0.300. The highest BCUT2D eigenvalue weighted by Gasteiger charge is 1.95. The number of hydrogen-bond donors (Lipinski definition) is 0. The topological polar surface area (TPSA) is 17.8 Å². The van der Waals surface area contributed by atoms with E-state index in [1.165, 1.54) is 0 Å². The fourth-order valence-corrected chi connectivity index (χ4v) is 0.835. The lowest BCUT2D eigenvalue weighted by atomic mass is 10.4. The lowest BCUT2D eigenvalue weighted by Crippen LogP contribution is -1.89. The van der Waals surface area contributed by atoms with E-state index >= 15 is 0 Å². The van der Waals surface area contributed by atoms with Gasteiger partial charge in [-0.05, 0) is 19.1 Å². The van der Waals surface area contributed by atoms with Gasteiger partial charge >= 0.3 is 0 Å². The van der Waals surface area contributed by atoms with Crippen molar-refractivity contribution in [2.75, 3.05) is 0 Å². The molecule has 0 aliphatic rings. The third-order valence-corrected chi connectivity index (χ3v) is 1.27. The van der Waals surface area contributed by atoms with Crippen LogP contribution in [0.15, 0.2) is 19.2 Å². The smallest absolute Gasteiger partial charge is 0.0658 e. The van der Waals surface area contributed by atoms with E-state index in [-0.39, 0.29) is 0 Å². The van der Waals surface area contributed by atoms with Gasteiger partial charge in [0.05, 0.1) is 11.4 Å². The molecule has 0 aromatic carbocycles. The first-order valence-electron chi connectivity index (χ1n) is 4.09. The molecule has 0 bridgehead atoms. The third kappa shape index (κ3) is 2.38. The average molecular weight is 164 g/mol. The van der Waals surface area contributed by atoms with Crippen LogP contribution in [0.5, 0.6) is 0 Å². The van der Waals surface area contributed by atoms with E-state index in [1.807, 2.05) is 26.8 Å². The molecular formula is C10H16N2. The van der Waals surface area contributed by atoms with Gasteiger partial charge in [0, 0.05) is 6.20 Å². The Balaban J connectivity index is 0.000000561. The van der Waals surface area contributed by atoms with E-state index in [0.29, 0.717) is 0 Å². The molecule has 0 saturated carbocycles. The minimum atomic E-state index is 0.979. The number of nitrogens with zero attached hydrogens (tertiary/aromatic N) is 2. The molecule has 0 N–H and O–H groups in total. The molecule has 0 saturated heterocycles. The average Bonchev–Trinajstić information content (AvgIpc) is 2.49. The van der Waals surface area contributed by atoms with Gasteiger partial charge in [0.25, 0.3) is 0 Å². The zero-order valence-corrected chi connectivity index (χ0v) is 8.04. The Kier molecular flexibility index (Phi) is 4.77. The SMILES string of the molecule is C=Cc1cc(C)nn1C=C.CC. The molecular weight excluding hydrogens is 148 g/mol. The first-order valence-corrected chi connectivity index (χ1v) is 4.09. The number of rotatable bonds is 2. The summed E-state index contributed by atoms with van der Waals surface area (Å²) in [5, 5.41) is 4.13. The van der Waals surface area contributed by atoms with Crippen molar-refractivity contribution in [3.8, 4) is 0 Å². The van der Waals surface area contributed by atoms with Gasteiger partial charge in [0.15, 0.2) is 0 Å². The summed E-state index contributed by atoms with van der Waals surface area (Å²) >= 11 is 0. The lowest BCUT2D eigenvalue weighted by molar-refractivity contribution is 0.905. The summed E-state index contributed by atoms with van der Waals surface area (Å²) in [7, 11) is 0. The molecule has 1 aromatic heterocycles. The van der Waals surface area contributed by atoms with Crippen LogP contribution in [-0.4, -0.2) is 9.78 Å². The second-order valence-corrected chi connectivity index (χ2v) is 2.04. The van der Waals surface area contributed by atoms with Gasteiger partial charge in [-0.2, -0.15) is 5.10 Å². The van der Waals surface area contributed by atoms with E-state index in [9.17, 15) is 0 Å². The van der Waals surface area contributed by atoms with Crippen LogP contribution in [0.1, 0.15) is 25.2 Å². The summed E-state index contributed by atoms with van der Waals surface area (Å²) in [6.07, 6.45) is 3.41. The van der Waals surface area contributed by atoms with E-state index in [1.54, 1.807) is 17.0 Å². The van der Waals surface area contributed by atoms with Gasteiger partial charge < -0.3 is 0 Å². The van der Waals surface area contributed by atoms with Crippen LogP contribution in [0, 0.1) is 6.92 Å². The van der Waals surface area contributed by atoms with E-state index in [4.69, 9.17) is 0 Å².